The SMILES string of the molecule is CCOC(=O)C1=C(C)N=c2sc(=Cc3ccc(O)c(Br)c3)c(=O)n2C1c1ccc(OC)c(OCC)c1. The van der Waals surface area contributed by atoms with Crippen LogP contribution in [0.2, 0.25) is 0 Å². The molecule has 2 aromatic carbocycles. The van der Waals surface area contributed by atoms with Crippen molar-refractivity contribution >= 4 is 39.3 Å². The lowest BCUT2D eigenvalue weighted by atomic mass is 9.95. The molecule has 1 N–H and O–H groups in total. The predicted octanol–water partition coefficient (Wildman–Crippen LogP) is 3.67. The highest BCUT2D eigenvalue weighted by molar-refractivity contribution is 9.10. The van der Waals surface area contributed by atoms with Crippen molar-refractivity contribution in [2.75, 3.05) is 20.3 Å². The zero-order chi connectivity index (χ0) is 26.0. The van der Waals surface area contributed by atoms with Crippen LogP contribution in [0, 0.1) is 0 Å². The highest BCUT2D eigenvalue weighted by Crippen LogP contribution is 2.36. The topological polar surface area (TPSA) is 99.4 Å². The molecule has 188 valence electrons. The lowest BCUT2D eigenvalue weighted by Gasteiger charge is -2.25. The molecule has 8 nitrogen and oxygen atoms in total. The Balaban J connectivity index is 1.96. The van der Waals surface area contributed by atoms with Gasteiger partial charge in [0.25, 0.3) is 5.56 Å². The second kappa shape index (κ2) is 10.7. The van der Waals surface area contributed by atoms with E-state index in [1.807, 2.05) is 6.92 Å². The normalized spacial score (nSPS) is 15.4. The number of allylic oxidation sites excluding steroid dienone is 1. The number of methoxy groups -OCH3 is 1. The zero-order valence-electron chi connectivity index (χ0n) is 20.2. The van der Waals surface area contributed by atoms with E-state index in [0.29, 0.717) is 43.2 Å². The number of phenols is 1. The zero-order valence-corrected chi connectivity index (χ0v) is 22.6. The maximum atomic E-state index is 13.7. The van der Waals surface area contributed by atoms with Crippen molar-refractivity contribution < 1.29 is 24.1 Å². The number of esters is 1. The minimum atomic E-state index is -0.765. The maximum Gasteiger partial charge on any atom is 0.338 e. The molecular weight excluding hydrogens is 548 g/mol. The molecule has 0 amide bonds. The molecule has 1 atom stereocenters. The van der Waals surface area contributed by atoms with Crippen molar-refractivity contribution in [2.24, 2.45) is 4.99 Å². The average molecular weight is 573 g/mol. The van der Waals surface area contributed by atoms with Crippen LogP contribution in [0.4, 0.5) is 0 Å². The molecule has 1 aliphatic rings. The number of carbonyl (C=O) groups is 1. The number of carbonyl (C=O) groups excluding carboxylic acids is 1. The van der Waals surface area contributed by atoms with Gasteiger partial charge in [0, 0.05) is 0 Å². The third kappa shape index (κ3) is 4.83. The number of nitrogens with zero attached hydrogens (tertiary/aromatic N) is 2. The molecule has 0 bridgehead atoms. The number of halogens is 1. The molecule has 1 unspecified atom stereocenters. The average Bonchev–Trinajstić information content (AvgIpc) is 3.15. The first-order valence-electron chi connectivity index (χ1n) is 11.3. The Labute approximate surface area is 219 Å². The van der Waals surface area contributed by atoms with Crippen LogP contribution in [0.3, 0.4) is 0 Å². The van der Waals surface area contributed by atoms with Gasteiger partial charge in [-0.25, -0.2) is 9.79 Å². The van der Waals surface area contributed by atoms with Crippen LogP contribution in [-0.2, 0) is 9.53 Å². The van der Waals surface area contributed by atoms with Crippen LogP contribution in [0.1, 0.15) is 37.9 Å². The summed E-state index contributed by atoms with van der Waals surface area (Å²) in [5, 5.41) is 9.80. The van der Waals surface area contributed by atoms with Gasteiger partial charge in [-0.05, 0) is 78.2 Å². The van der Waals surface area contributed by atoms with Crippen LogP contribution < -0.4 is 24.4 Å². The molecule has 36 heavy (non-hydrogen) atoms. The molecule has 0 saturated carbocycles. The van der Waals surface area contributed by atoms with Gasteiger partial charge in [0.05, 0.1) is 46.6 Å². The van der Waals surface area contributed by atoms with Crippen LogP contribution in [0.5, 0.6) is 17.2 Å². The predicted molar refractivity (Wildman–Crippen MR) is 140 cm³/mol. The van der Waals surface area contributed by atoms with Crippen LogP contribution >= 0.6 is 27.3 Å². The van der Waals surface area contributed by atoms with Gasteiger partial charge in [-0.15, -0.1) is 0 Å². The van der Waals surface area contributed by atoms with E-state index < -0.39 is 12.0 Å². The minimum Gasteiger partial charge on any atom is -0.507 e. The summed E-state index contributed by atoms with van der Waals surface area (Å²) in [7, 11) is 1.55. The second-order valence-electron chi connectivity index (χ2n) is 7.86. The molecule has 0 fully saturated rings. The molecular formula is C26H25BrN2O6S. The van der Waals surface area contributed by atoms with Gasteiger partial charge in [-0.2, -0.15) is 0 Å². The molecule has 1 aromatic heterocycles. The summed E-state index contributed by atoms with van der Waals surface area (Å²) in [6.07, 6.45) is 1.73. The van der Waals surface area contributed by atoms with E-state index in [4.69, 9.17) is 14.2 Å². The van der Waals surface area contributed by atoms with Gasteiger partial charge in [0.1, 0.15) is 5.75 Å². The van der Waals surface area contributed by atoms with Crippen molar-refractivity contribution in [2.45, 2.75) is 26.8 Å². The molecule has 10 heteroatoms. The Hall–Kier alpha value is -3.37. The standard InChI is InChI=1S/C26H25BrN2O6S/c1-5-34-20-13-16(8-10-19(20)33-4)23-22(25(32)35-6-2)14(3)28-26-29(23)24(31)21(36-26)12-15-7-9-18(30)17(27)11-15/h7-13,23,30H,5-6H2,1-4H3. The fourth-order valence-corrected chi connectivity index (χ4v) is 5.45. The summed E-state index contributed by atoms with van der Waals surface area (Å²) >= 11 is 4.53. The van der Waals surface area contributed by atoms with Crippen molar-refractivity contribution in [3.05, 3.63) is 83.0 Å². The van der Waals surface area contributed by atoms with E-state index in [-0.39, 0.29) is 23.5 Å². The fraction of sp³-hybridized carbons (Fsp3) is 0.269. The largest absolute Gasteiger partial charge is 0.507 e. The number of aromatic hydroxyl groups is 1. The Kier molecular flexibility index (Phi) is 7.65. The highest BCUT2D eigenvalue weighted by Gasteiger charge is 2.34. The quantitative estimate of drug-likeness (QED) is 0.434. The number of hydrogen-bond donors (Lipinski definition) is 1. The number of aromatic nitrogens is 1. The van der Waals surface area contributed by atoms with Gasteiger partial charge in [-0.3, -0.25) is 9.36 Å². The lowest BCUT2D eigenvalue weighted by molar-refractivity contribution is -0.139. The summed E-state index contributed by atoms with van der Waals surface area (Å²) in [6, 6.07) is 9.55. The minimum absolute atomic E-state index is 0.105. The van der Waals surface area contributed by atoms with Crippen LogP contribution in [-0.4, -0.2) is 36.0 Å². The van der Waals surface area contributed by atoms with E-state index in [9.17, 15) is 14.7 Å². The van der Waals surface area contributed by atoms with Gasteiger partial charge in [0.15, 0.2) is 16.3 Å². The molecule has 0 radical (unpaired) electrons. The Morgan fingerprint density at radius 1 is 1.19 bits per heavy atom. The number of fused-ring (bicyclic) bond motifs is 1. The number of phenolic OH excluding ortho intramolecular Hbond substituents is 1. The fourth-order valence-electron chi connectivity index (χ4n) is 4.00. The summed E-state index contributed by atoms with van der Waals surface area (Å²) in [4.78, 5) is 31.8. The smallest absolute Gasteiger partial charge is 0.338 e. The first-order valence-corrected chi connectivity index (χ1v) is 12.9. The first kappa shape index (κ1) is 25.7. The highest BCUT2D eigenvalue weighted by atomic mass is 79.9. The van der Waals surface area contributed by atoms with Crippen molar-refractivity contribution in [3.8, 4) is 17.2 Å². The number of ether oxygens (including phenoxy) is 3. The second-order valence-corrected chi connectivity index (χ2v) is 9.72. The number of hydrogen-bond acceptors (Lipinski definition) is 8. The first-order chi connectivity index (χ1) is 17.3. The number of benzene rings is 2. The summed E-state index contributed by atoms with van der Waals surface area (Å²) in [5.74, 6) is 0.623. The summed E-state index contributed by atoms with van der Waals surface area (Å²) < 4.78 is 19.0. The molecule has 0 spiro atoms. The van der Waals surface area contributed by atoms with Crippen molar-refractivity contribution in [1.29, 1.82) is 0 Å². The number of thiazole rings is 1. The molecule has 3 aromatic rings. The van der Waals surface area contributed by atoms with Crippen molar-refractivity contribution in [1.82, 2.24) is 4.57 Å². The van der Waals surface area contributed by atoms with Gasteiger partial charge >= 0.3 is 5.97 Å². The Morgan fingerprint density at radius 3 is 2.64 bits per heavy atom. The van der Waals surface area contributed by atoms with E-state index >= 15 is 0 Å². The van der Waals surface area contributed by atoms with E-state index in [1.165, 1.54) is 15.9 Å². The monoisotopic (exact) mass is 572 g/mol. The molecule has 0 aliphatic carbocycles. The third-order valence-electron chi connectivity index (χ3n) is 5.59. The van der Waals surface area contributed by atoms with E-state index in [0.717, 1.165) is 5.56 Å². The van der Waals surface area contributed by atoms with Crippen LogP contribution in [0.15, 0.2) is 61.9 Å². The van der Waals surface area contributed by atoms with E-state index in [2.05, 4.69) is 20.9 Å². The van der Waals surface area contributed by atoms with Gasteiger partial charge < -0.3 is 19.3 Å². The summed E-state index contributed by atoms with van der Waals surface area (Å²) in [6.45, 7) is 5.94. The molecule has 0 saturated heterocycles. The van der Waals surface area contributed by atoms with Crippen LogP contribution in [0.25, 0.3) is 6.08 Å². The maximum absolute atomic E-state index is 13.7. The van der Waals surface area contributed by atoms with Gasteiger partial charge in [-0.1, -0.05) is 23.5 Å². The van der Waals surface area contributed by atoms with Gasteiger partial charge in [0.2, 0.25) is 0 Å². The Morgan fingerprint density at radius 2 is 1.97 bits per heavy atom. The lowest BCUT2D eigenvalue weighted by Crippen LogP contribution is -2.40. The third-order valence-corrected chi connectivity index (χ3v) is 7.21. The number of rotatable bonds is 7. The molecule has 4 rings (SSSR count). The van der Waals surface area contributed by atoms with Crippen molar-refractivity contribution in [3.63, 3.8) is 0 Å². The summed E-state index contributed by atoms with van der Waals surface area (Å²) in [5.41, 5.74) is 1.86. The molecule has 2 heterocycles. The van der Waals surface area contributed by atoms with E-state index in [1.54, 1.807) is 63.4 Å². The Bertz CT molecular complexity index is 1540. The molecule has 1 aliphatic heterocycles.